The molecule has 25 heavy (non-hydrogen) atoms. The number of urea groups is 1. The van der Waals surface area contributed by atoms with E-state index >= 15 is 0 Å². The molecule has 0 spiro atoms. The summed E-state index contributed by atoms with van der Waals surface area (Å²) in [6.45, 7) is 1.96. The Morgan fingerprint density at radius 1 is 1.12 bits per heavy atom. The van der Waals surface area contributed by atoms with Gasteiger partial charge >= 0.3 is 6.03 Å². The van der Waals surface area contributed by atoms with Gasteiger partial charge in [0.1, 0.15) is 0 Å². The van der Waals surface area contributed by atoms with Crippen LogP contribution in [0.25, 0.3) is 0 Å². The molecule has 4 saturated carbocycles. The number of thiazole rings is 1. The molecule has 5 fully saturated rings. The molecular formula is C19H28N4OS. The van der Waals surface area contributed by atoms with E-state index in [0.717, 1.165) is 48.8 Å². The number of hydrogen-bond donors (Lipinski definition) is 2. The number of hydrogen-bond acceptors (Lipinski definition) is 4. The number of carbonyl (C=O) groups is 1. The molecule has 0 atom stereocenters. The van der Waals surface area contributed by atoms with Gasteiger partial charge in [-0.05, 0) is 69.1 Å². The lowest BCUT2D eigenvalue weighted by atomic mass is 9.53. The van der Waals surface area contributed by atoms with Gasteiger partial charge < -0.3 is 15.5 Å². The highest BCUT2D eigenvalue weighted by atomic mass is 32.1. The van der Waals surface area contributed by atoms with Gasteiger partial charge in [-0.25, -0.2) is 9.78 Å². The summed E-state index contributed by atoms with van der Waals surface area (Å²) in [7, 11) is 0. The molecule has 2 N–H and O–H groups in total. The summed E-state index contributed by atoms with van der Waals surface area (Å²) in [6.07, 6.45) is 11.8. The maximum absolute atomic E-state index is 12.7. The van der Waals surface area contributed by atoms with Gasteiger partial charge in [0.25, 0.3) is 0 Å². The molecule has 1 aliphatic heterocycles. The molecule has 6 heteroatoms. The van der Waals surface area contributed by atoms with Gasteiger partial charge in [0.05, 0.1) is 0 Å². The lowest BCUT2D eigenvalue weighted by Crippen LogP contribution is -2.62. The van der Waals surface area contributed by atoms with Gasteiger partial charge in [-0.2, -0.15) is 0 Å². The highest BCUT2D eigenvalue weighted by Gasteiger charge is 2.51. The minimum absolute atomic E-state index is 0.0784. The number of nitrogens with one attached hydrogen (secondary N) is 2. The van der Waals surface area contributed by atoms with E-state index in [2.05, 4.69) is 20.5 Å². The molecular weight excluding hydrogens is 332 g/mol. The number of carbonyl (C=O) groups excluding carboxylic acids is 1. The van der Waals surface area contributed by atoms with Gasteiger partial charge in [-0.15, -0.1) is 11.3 Å². The number of amides is 2. The Morgan fingerprint density at radius 2 is 1.76 bits per heavy atom. The first-order valence-electron chi connectivity index (χ1n) is 9.91. The lowest BCUT2D eigenvalue weighted by Gasteiger charge is -2.56. The van der Waals surface area contributed by atoms with Crippen LogP contribution in [0.4, 0.5) is 9.93 Å². The third-order valence-corrected chi connectivity index (χ3v) is 7.77. The fourth-order valence-electron chi connectivity index (χ4n) is 6.31. The zero-order valence-corrected chi connectivity index (χ0v) is 15.6. The fourth-order valence-corrected chi connectivity index (χ4v) is 7.01. The third kappa shape index (κ3) is 3.14. The van der Waals surface area contributed by atoms with Gasteiger partial charge in [-0.3, -0.25) is 0 Å². The van der Waals surface area contributed by atoms with E-state index < -0.39 is 0 Å². The average Bonchev–Trinajstić information content (AvgIpc) is 3.08. The van der Waals surface area contributed by atoms with Crippen molar-refractivity contribution >= 4 is 22.5 Å². The van der Waals surface area contributed by atoms with Crippen molar-refractivity contribution in [3.63, 3.8) is 0 Å². The van der Waals surface area contributed by atoms with E-state index in [-0.39, 0.29) is 11.6 Å². The predicted molar refractivity (Wildman–Crippen MR) is 99.9 cm³/mol. The molecule has 136 valence electrons. The summed E-state index contributed by atoms with van der Waals surface area (Å²) < 4.78 is 0. The molecule has 4 bridgehead atoms. The number of rotatable bonds is 3. The number of anilines is 1. The Bertz CT molecular complexity index is 588. The Kier molecular flexibility index (Phi) is 3.91. The zero-order chi connectivity index (χ0) is 16.9. The molecule has 1 aromatic rings. The van der Waals surface area contributed by atoms with Crippen LogP contribution < -0.4 is 15.5 Å². The zero-order valence-electron chi connectivity index (χ0n) is 14.7. The summed E-state index contributed by atoms with van der Waals surface area (Å²) >= 11 is 1.70. The van der Waals surface area contributed by atoms with Crippen molar-refractivity contribution < 1.29 is 4.79 Å². The van der Waals surface area contributed by atoms with Crippen LogP contribution in [0.5, 0.6) is 0 Å². The van der Waals surface area contributed by atoms with Gasteiger partial charge in [-0.1, -0.05) is 0 Å². The van der Waals surface area contributed by atoms with Crippen molar-refractivity contribution in [1.29, 1.82) is 0 Å². The van der Waals surface area contributed by atoms with E-state index in [1.54, 1.807) is 11.3 Å². The minimum atomic E-state index is 0.0784. The van der Waals surface area contributed by atoms with Crippen molar-refractivity contribution in [3.05, 3.63) is 11.6 Å². The smallest absolute Gasteiger partial charge is 0.315 e. The summed E-state index contributed by atoms with van der Waals surface area (Å²) in [6, 6.07) is 0.375. The summed E-state index contributed by atoms with van der Waals surface area (Å²) in [4.78, 5) is 19.4. The molecule has 6 rings (SSSR count). The molecule has 1 aromatic heterocycles. The van der Waals surface area contributed by atoms with E-state index in [4.69, 9.17) is 0 Å². The van der Waals surface area contributed by atoms with Gasteiger partial charge in [0.15, 0.2) is 5.13 Å². The van der Waals surface area contributed by atoms with Crippen LogP contribution in [0.2, 0.25) is 0 Å². The Labute approximate surface area is 153 Å². The monoisotopic (exact) mass is 360 g/mol. The largest absolute Gasteiger partial charge is 0.348 e. The van der Waals surface area contributed by atoms with Crippen molar-refractivity contribution in [2.45, 2.75) is 62.9 Å². The maximum Gasteiger partial charge on any atom is 0.315 e. The van der Waals surface area contributed by atoms with E-state index in [0.29, 0.717) is 6.04 Å². The van der Waals surface area contributed by atoms with Crippen LogP contribution in [-0.2, 0) is 0 Å². The molecule has 1 saturated heterocycles. The molecule has 5 aliphatic rings. The first kappa shape index (κ1) is 15.9. The quantitative estimate of drug-likeness (QED) is 0.869. The number of aromatic nitrogens is 1. The van der Waals surface area contributed by atoms with Gasteiger partial charge in [0.2, 0.25) is 0 Å². The number of piperidine rings is 1. The molecule has 2 heterocycles. The summed E-state index contributed by atoms with van der Waals surface area (Å²) in [5, 5.41) is 9.84. The fraction of sp³-hybridized carbons (Fsp3) is 0.789. The minimum Gasteiger partial charge on any atom is -0.348 e. The molecule has 5 nitrogen and oxygen atoms in total. The Balaban J connectivity index is 1.14. The molecule has 4 aliphatic carbocycles. The molecule has 0 unspecified atom stereocenters. The highest BCUT2D eigenvalue weighted by molar-refractivity contribution is 7.13. The first-order chi connectivity index (χ1) is 12.2. The number of nitrogens with zero attached hydrogens (tertiary/aromatic N) is 2. The first-order valence-corrected chi connectivity index (χ1v) is 10.8. The molecule has 0 radical (unpaired) electrons. The maximum atomic E-state index is 12.7. The summed E-state index contributed by atoms with van der Waals surface area (Å²) in [5.41, 5.74) is 0.112. The average molecular weight is 361 g/mol. The van der Waals surface area contributed by atoms with Crippen LogP contribution >= 0.6 is 11.3 Å². The Morgan fingerprint density at radius 3 is 2.32 bits per heavy atom. The van der Waals surface area contributed by atoms with Gasteiger partial charge in [0, 0.05) is 36.2 Å². The second-order valence-corrected chi connectivity index (χ2v) is 9.75. The third-order valence-electron chi connectivity index (χ3n) is 6.94. The predicted octanol–water partition coefficient (Wildman–Crippen LogP) is 3.38. The lowest BCUT2D eigenvalue weighted by molar-refractivity contribution is -0.0137. The van der Waals surface area contributed by atoms with E-state index in [9.17, 15) is 4.79 Å². The second kappa shape index (κ2) is 6.15. The van der Waals surface area contributed by atoms with Crippen LogP contribution in [-0.4, -0.2) is 35.7 Å². The van der Waals surface area contributed by atoms with Crippen molar-refractivity contribution in [2.75, 3.05) is 18.0 Å². The van der Waals surface area contributed by atoms with Crippen LogP contribution in [0.3, 0.4) is 0 Å². The SMILES string of the molecule is O=C(NC1CCN(c2nccs2)CC1)NC12CC3CC(CC(C3)C1)C2. The molecule has 2 amide bonds. The molecule has 0 aromatic carbocycles. The highest BCUT2D eigenvalue weighted by Crippen LogP contribution is 2.55. The normalized spacial score (nSPS) is 37.3. The second-order valence-electron chi connectivity index (χ2n) is 8.87. The topological polar surface area (TPSA) is 57.3 Å². The van der Waals surface area contributed by atoms with Crippen LogP contribution in [0.1, 0.15) is 51.4 Å². The van der Waals surface area contributed by atoms with E-state index in [1.807, 2.05) is 11.6 Å². The van der Waals surface area contributed by atoms with E-state index in [1.165, 1.54) is 38.5 Å². The van der Waals surface area contributed by atoms with Crippen LogP contribution in [0.15, 0.2) is 11.6 Å². The van der Waals surface area contributed by atoms with Crippen LogP contribution in [0, 0.1) is 17.8 Å². The summed E-state index contributed by atoms with van der Waals surface area (Å²) in [5.74, 6) is 2.61. The van der Waals surface area contributed by atoms with Crippen molar-refractivity contribution in [1.82, 2.24) is 15.6 Å². The standard InChI is InChI=1S/C19H28N4OS/c24-17(21-16-1-4-23(5-2-16)18-20-3-6-25-18)22-19-10-13-7-14(11-19)9-15(8-13)12-19/h3,6,13-16H,1-2,4-5,7-12H2,(H2,21,22,24). The Hall–Kier alpha value is -1.30. The van der Waals surface area contributed by atoms with Crippen molar-refractivity contribution in [2.24, 2.45) is 17.8 Å². The van der Waals surface area contributed by atoms with Crippen molar-refractivity contribution in [3.8, 4) is 0 Å².